The van der Waals surface area contributed by atoms with Crippen molar-refractivity contribution in [2.24, 2.45) is 5.41 Å². The van der Waals surface area contributed by atoms with Gasteiger partial charge in [0.15, 0.2) is 0 Å². The van der Waals surface area contributed by atoms with Gasteiger partial charge in [-0.3, -0.25) is 4.39 Å². The van der Waals surface area contributed by atoms with Crippen molar-refractivity contribution in [1.29, 1.82) is 0 Å². The first-order valence-electron chi connectivity index (χ1n) is 7.38. The van der Waals surface area contributed by atoms with Gasteiger partial charge in [0.25, 0.3) is 0 Å². The molecule has 2 aliphatic rings. The van der Waals surface area contributed by atoms with E-state index >= 15 is 0 Å². The van der Waals surface area contributed by atoms with E-state index in [1.165, 1.54) is 0 Å². The van der Waals surface area contributed by atoms with E-state index in [-0.39, 0.29) is 18.0 Å². The molecule has 1 atom stereocenters. The van der Waals surface area contributed by atoms with Gasteiger partial charge < -0.3 is 21.3 Å². The zero-order valence-electron chi connectivity index (χ0n) is 12.3. The summed E-state index contributed by atoms with van der Waals surface area (Å²) in [6.45, 7) is 1.99. The number of nitrogens with one attached hydrogen (secondary N) is 2. The minimum absolute atomic E-state index is 0.195. The van der Waals surface area contributed by atoms with E-state index < -0.39 is 0 Å². The van der Waals surface area contributed by atoms with E-state index in [1.807, 2.05) is 7.05 Å². The Morgan fingerprint density at radius 1 is 1.38 bits per heavy atom. The average Bonchev–Trinajstić information content (AvgIpc) is 3.11. The highest BCUT2D eigenvalue weighted by atomic mass is 19.1. The summed E-state index contributed by atoms with van der Waals surface area (Å²) in [5, 5.41) is 6.36. The Labute approximate surface area is 123 Å². The maximum absolute atomic E-state index is 12.9. The number of rotatable bonds is 6. The Morgan fingerprint density at radius 2 is 2.19 bits per heavy atom. The van der Waals surface area contributed by atoms with Crippen LogP contribution in [0.2, 0.25) is 0 Å². The maximum atomic E-state index is 12.9. The lowest BCUT2D eigenvalue weighted by atomic mass is 10.1. The molecule has 0 radical (unpaired) electrons. The fourth-order valence-corrected chi connectivity index (χ4v) is 2.58. The Morgan fingerprint density at radius 3 is 2.81 bits per heavy atom. The quantitative estimate of drug-likeness (QED) is 0.700. The molecule has 1 aromatic rings. The molecule has 3 rings (SSSR count). The van der Waals surface area contributed by atoms with Crippen LogP contribution < -0.4 is 21.3 Å². The van der Waals surface area contributed by atoms with Crippen molar-refractivity contribution >= 4 is 17.8 Å². The predicted molar refractivity (Wildman–Crippen MR) is 80.0 cm³/mol. The van der Waals surface area contributed by atoms with Crippen molar-refractivity contribution in [2.75, 3.05) is 49.3 Å². The Balaban J connectivity index is 1.68. The maximum Gasteiger partial charge on any atom is 0.232 e. The molecular formula is C13H22FN7. The molecule has 1 aliphatic heterocycles. The molecule has 2 heterocycles. The highest BCUT2D eigenvalue weighted by molar-refractivity contribution is 5.43. The zero-order valence-corrected chi connectivity index (χ0v) is 12.3. The summed E-state index contributed by atoms with van der Waals surface area (Å²) < 4.78 is 12.9. The molecule has 1 aliphatic carbocycles. The number of hydrogen-bond acceptors (Lipinski definition) is 7. The topological polar surface area (TPSA) is 92.0 Å². The normalized spacial score (nSPS) is 23.3. The first-order chi connectivity index (χ1) is 10.1. The summed E-state index contributed by atoms with van der Waals surface area (Å²) in [5.41, 5.74) is 5.55. The minimum atomic E-state index is -0.302. The number of halogens is 1. The van der Waals surface area contributed by atoms with Crippen LogP contribution in [0.15, 0.2) is 0 Å². The summed E-state index contributed by atoms with van der Waals surface area (Å²) in [6, 6.07) is 0.445. The van der Waals surface area contributed by atoms with Crippen molar-refractivity contribution in [2.45, 2.75) is 25.3 Å². The van der Waals surface area contributed by atoms with Crippen LogP contribution in [-0.2, 0) is 0 Å². The molecule has 0 amide bonds. The Bertz CT molecular complexity index is 505. The van der Waals surface area contributed by atoms with E-state index in [1.54, 1.807) is 0 Å². The van der Waals surface area contributed by atoms with E-state index in [4.69, 9.17) is 5.73 Å². The highest BCUT2D eigenvalue weighted by Gasteiger charge is 2.42. The van der Waals surface area contributed by atoms with Crippen LogP contribution in [0, 0.1) is 5.41 Å². The third-order valence-corrected chi connectivity index (χ3v) is 4.38. The second kappa shape index (κ2) is 5.59. The molecule has 4 N–H and O–H groups in total. The van der Waals surface area contributed by atoms with E-state index in [9.17, 15) is 4.39 Å². The molecule has 116 valence electrons. The molecule has 7 nitrogen and oxygen atoms in total. The molecule has 21 heavy (non-hydrogen) atoms. The lowest BCUT2D eigenvalue weighted by Gasteiger charge is -2.18. The van der Waals surface area contributed by atoms with Gasteiger partial charge in [0.05, 0.1) is 6.67 Å². The van der Waals surface area contributed by atoms with Crippen molar-refractivity contribution in [3.05, 3.63) is 0 Å². The standard InChI is InChI=1S/C13H22FN7/c1-16-9-2-5-21(6-9)12-19-10(15)18-11(20-12)17-8-13(7-14)3-4-13/h9,16H,2-8H2,1H3,(H3,15,17,18,19,20)/t9-/m1/s1. The second-order valence-corrected chi connectivity index (χ2v) is 6.02. The molecule has 0 aromatic carbocycles. The fraction of sp³-hybridized carbons (Fsp3) is 0.769. The van der Waals surface area contributed by atoms with Crippen molar-refractivity contribution < 1.29 is 4.39 Å². The summed E-state index contributed by atoms with van der Waals surface area (Å²) in [5.74, 6) is 1.22. The third kappa shape index (κ3) is 3.15. The monoisotopic (exact) mass is 295 g/mol. The van der Waals surface area contributed by atoms with Crippen LogP contribution in [-0.4, -0.2) is 54.4 Å². The van der Waals surface area contributed by atoms with Gasteiger partial charge in [0, 0.05) is 31.1 Å². The zero-order chi connectivity index (χ0) is 14.9. The smallest absolute Gasteiger partial charge is 0.232 e. The number of nitrogens with zero attached hydrogens (tertiary/aromatic N) is 4. The van der Waals surface area contributed by atoms with Gasteiger partial charge in [0.1, 0.15) is 0 Å². The number of anilines is 3. The first-order valence-corrected chi connectivity index (χ1v) is 7.38. The van der Waals surface area contributed by atoms with Crippen LogP contribution in [0.25, 0.3) is 0 Å². The fourth-order valence-electron chi connectivity index (χ4n) is 2.58. The van der Waals surface area contributed by atoms with Gasteiger partial charge in [0.2, 0.25) is 17.8 Å². The predicted octanol–water partition coefficient (Wildman–Crippen LogP) is 0.413. The van der Waals surface area contributed by atoms with Crippen LogP contribution in [0.1, 0.15) is 19.3 Å². The number of likely N-dealkylation sites (N-methyl/N-ethyl adjacent to an activating group) is 1. The molecule has 0 bridgehead atoms. The molecule has 0 spiro atoms. The summed E-state index contributed by atoms with van der Waals surface area (Å²) >= 11 is 0. The van der Waals surface area contributed by atoms with Gasteiger partial charge >= 0.3 is 0 Å². The van der Waals surface area contributed by atoms with E-state index in [2.05, 4.69) is 30.5 Å². The minimum Gasteiger partial charge on any atom is -0.368 e. The van der Waals surface area contributed by atoms with Crippen LogP contribution in [0.5, 0.6) is 0 Å². The number of nitrogen functional groups attached to an aromatic ring is 1. The Hall–Kier alpha value is -1.70. The van der Waals surface area contributed by atoms with Gasteiger partial charge in [-0.1, -0.05) is 0 Å². The molecule has 8 heteroatoms. The molecule has 0 unspecified atom stereocenters. The van der Waals surface area contributed by atoms with Crippen LogP contribution >= 0.6 is 0 Å². The van der Waals surface area contributed by atoms with Crippen LogP contribution in [0.4, 0.5) is 22.2 Å². The van der Waals surface area contributed by atoms with Crippen molar-refractivity contribution in [3.63, 3.8) is 0 Å². The van der Waals surface area contributed by atoms with Crippen LogP contribution in [0.3, 0.4) is 0 Å². The van der Waals surface area contributed by atoms with Gasteiger partial charge in [-0.15, -0.1) is 0 Å². The summed E-state index contributed by atoms with van der Waals surface area (Å²) in [4.78, 5) is 14.8. The highest BCUT2D eigenvalue weighted by Crippen LogP contribution is 2.45. The number of aromatic nitrogens is 3. The SMILES string of the molecule is CN[C@@H]1CCN(c2nc(N)nc(NCC3(CF)CC3)n2)C1. The largest absolute Gasteiger partial charge is 0.368 e. The first kappa shape index (κ1) is 14.2. The molecule has 1 saturated heterocycles. The number of alkyl halides is 1. The number of nitrogens with two attached hydrogens (primary N) is 1. The number of hydrogen-bond donors (Lipinski definition) is 3. The summed E-state index contributed by atoms with van der Waals surface area (Å²) in [6.07, 6.45) is 2.88. The molecule has 2 fully saturated rings. The van der Waals surface area contributed by atoms with Crippen molar-refractivity contribution in [1.82, 2.24) is 20.3 Å². The van der Waals surface area contributed by atoms with Gasteiger partial charge in [-0.05, 0) is 26.3 Å². The third-order valence-electron chi connectivity index (χ3n) is 4.38. The second-order valence-electron chi connectivity index (χ2n) is 6.02. The van der Waals surface area contributed by atoms with Crippen molar-refractivity contribution in [3.8, 4) is 0 Å². The van der Waals surface area contributed by atoms with Gasteiger partial charge in [-0.25, -0.2) is 0 Å². The molecular weight excluding hydrogens is 273 g/mol. The Kier molecular flexibility index (Phi) is 3.79. The molecule has 1 aromatic heterocycles. The van der Waals surface area contributed by atoms with Gasteiger partial charge in [-0.2, -0.15) is 15.0 Å². The van der Waals surface area contributed by atoms with E-state index in [0.717, 1.165) is 32.4 Å². The van der Waals surface area contributed by atoms with E-state index in [0.29, 0.717) is 24.5 Å². The lowest BCUT2D eigenvalue weighted by Crippen LogP contribution is -2.30. The lowest BCUT2D eigenvalue weighted by molar-refractivity contribution is 0.355. The summed E-state index contributed by atoms with van der Waals surface area (Å²) in [7, 11) is 1.95. The average molecular weight is 295 g/mol. The molecule has 1 saturated carbocycles.